The molecule has 0 radical (unpaired) electrons. The summed E-state index contributed by atoms with van der Waals surface area (Å²) in [6.07, 6.45) is -0.639. The standard InChI is InChI=1S/C19H17N3O4S/c1-11-18(24)22(12-6-3-4-7-13(12)26-11)10-16(23)20-19-21-17-14(25-2)8-5-9-15(17)27-19/h3-9,11H,10H2,1-2H3,(H,20,21,23). The highest BCUT2D eigenvalue weighted by atomic mass is 32.1. The molecule has 8 heteroatoms. The van der Waals surface area contributed by atoms with Crippen molar-refractivity contribution < 1.29 is 19.1 Å². The fourth-order valence-corrected chi connectivity index (χ4v) is 3.87. The number of fused-ring (bicyclic) bond motifs is 2. The van der Waals surface area contributed by atoms with E-state index in [2.05, 4.69) is 10.3 Å². The summed E-state index contributed by atoms with van der Waals surface area (Å²) in [6, 6.07) is 12.8. The number of benzene rings is 2. The lowest BCUT2D eigenvalue weighted by atomic mass is 10.2. The highest BCUT2D eigenvalue weighted by Gasteiger charge is 2.32. The van der Waals surface area contributed by atoms with Crippen molar-refractivity contribution in [2.75, 3.05) is 23.9 Å². The molecule has 0 saturated heterocycles. The maximum atomic E-state index is 12.6. The van der Waals surface area contributed by atoms with Gasteiger partial charge in [0.1, 0.15) is 23.6 Å². The molecule has 0 bridgehead atoms. The molecule has 138 valence electrons. The SMILES string of the molecule is COc1cccc2sc(NC(=O)CN3C(=O)C(C)Oc4ccccc43)nc12. The third-order valence-electron chi connectivity index (χ3n) is 4.22. The first-order chi connectivity index (χ1) is 13.1. The van der Waals surface area contributed by atoms with E-state index in [0.717, 1.165) is 4.70 Å². The van der Waals surface area contributed by atoms with Crippen molar-refractivity contribution in [3.8, 4) is 11.5 Å². The summed E-state index contributed by atoms with van der Waals surface area (Å²) in [5.41, 5.74) is 1.28. The zero-order valence-corrected chi connectivity index (χ0v) is 15.6. The summed E-state index contributed by atoms with van der Waals surface area (Å²) < 4.78 is 11.8. The minimum atomic E-state index is -0.639. The number of anilines is 2. The van der Waals surface area contributed by atoms with E-state index in [4.69, 9.17) is 9.47 Å². The van der Waals surface area contributed by atoms with Crippen LogP contribution in [0.2, 0.25) is 0 Å². The monoisotopic (exact) mass is 383 g/mol. The number of amides is 2. The number of carbonyl (C=O) groups excluding carboxylic acids is 2. The topological polar surface area (TPSA) is 80.8 Å². The summed E-state index contributed by atoms with van der Waals surface area (Å²) in [7, 11) is 1.58. The number of carbonyl (C=O) groups is 2. The van der Waals surface area contributed by atoms with E-state index in [-0.39, 0.29) is 18.4 Å². The molecule has 2 heterocycles. The number of rotatable bonds is 4. The molecule has 27 heavy (non-hydrogen) atoms. The van der Waals surface area contributed by atoms with Crippen molar-refractivity contribution in [2.45, 2.75) is 13.0 Å². The number of hydrogen-bond acceptors (Lipinski definition) is 6. The molecule has 1 atom stereocenters. The summed E-state index contributed by atoms with van der Waals surface area (Å²) in [4.78, 5) is 30.9. The lowest BCUT2D eigenvalue weighted by Gasteiger charge is -2.32. The largest absolute Gasteiger partial charge is 0.494 e. The number of ether oxygens (including phenoxy) is 2. The van der Waals surface area contributed by atoms with Crippen LogP contribution in [0.25, 0.3) is 10.2 Å². The molecular formula is C19H17N3O4S. The van der Waals surface area contributed by atoms with Crippen LogP contribution < -0.4 is 19.7 Å². The summed E-state index contributed by atoms with van der Waals surface area (Å²) in [5.74, 6) is 0.651. The quantitative estimate of drug-likeness (QED) is 0.749. The molecule has 0 aliphatic carbocycles. The first-order valence-corrected chi connectivity index (χ1v) is 9.19. The molecule has 2 amide bonds. The van der Waals surface area contributed by atoms with Gasteiger partial charge >= 0.3 is 0 Å². The summed E-state index contributed by atoms with van der Waals surface area (Å²) >= 11 is 1.35. The van der Waals surface area contributed by atoms with Gasteiger partial charge in [0.15, 0.2) is 11.2 Å². The Bertz CT molecular complexity index is 1030. The molecule has 7 nitrogen and oxygen atoms in total. The van der Waals surface area contributed by atoms with Gasteiger partial charge in [-0.05, 0) is 31.2 Å². The van der Waals surface area contributed by atoms with Crippen molar-refractivity contribution in [1.29, 1.82) is 0 Å². The number of nitrogens with zero attached hydrogens (tertiary/aromatic N) is 2. The van der Waals surface area contributed by atoms with Crippen molar-refractivity contribution in [3.63, 3.8) is 0 Å². The molecule has 1 aromatic heterocycles. The first kappa shape index (κ1) is 17.3. The molecule has 0 fully saturated rings. The Morgan fingerprint density at radius 3 is 2.93 bits per heavy atom. The normalized spacial score (nSPS) is 16.0. The number of aromatic nitrogens is 1. The second kappa shape index (κ2) is 6.88. The average molecular weight is 383 g/mol. The molecule has 1 N–H and O–H groups in total. The fraction of sp³-hybridized carbons (Fsp3) is 0.211. The van der Waals surface area contributed by atoms with Gasteiger partial charge < -0.3 is 14.8 Å². The van der Waals surface area contributed by atoms with Crippen LogP contribution in [0.3, 0.4) is 0 Å². The lowest BCUT2D eigenvalue weighted by molar-refractivity contribution is -0.127. The maximum absolute atomic E-state index is 12.6. The number of para-hydroxylation sites is 3. The van der Waals surface area contributed by atoms with E-state index >= 15 is 0 Å². The highest BCUT2D eigenvalue weighted by molar-refractivity contribution is 7.22. The first-order valence-electron chi connectivity index (χ1n) is 8.37. The minimum absolute atomic E-state index is 0.114. The van der Waals surface area contributed by atoms with Gasteiger partial charge in [-0.1, -0.05) is 29.5 Å². The molecule has 4 rings (SSSR count). The van der Waals surface area contributed by atoms with Gasteiger partial charge in [-0.2, -0.15) is 0 Å². The Balaban J connectivity index is 1.55. The van der Waals surface area contributed by atoms with Crippen molar-refractivity contribution >= 4 is 44.2 Å². The van der Waals surface area contributed by atoms with E-state index in [1.165, 1.54) is 16.2 Å². The van der Waals surface area contributed by atoms with Gasteiger partial charge in [-0.25, -0.2) is 4.98 Å². The molecule has 1 unspecified atom stereocenters. The summed E-state index contributed by atoms with van der Waals surface area (Å²) in [6.45, 7) is 1.56. The number of nitrogens with one attached hydrogen (secondary N) is 1. The molecule has 2 aromatic carbocycles. The van der Waals surface area contributed by atoms with Crippen LogP contribution in [-0.2, 0) is 9.59 Å². The zero-order chi connectivity index (χ0) is 19.0. The minimum Gasteiger partial charge on any atom is -0.494 e. The van der Waals surface area contributed by atoms with Crippen molar-refractivity contribution in [1.82, 2.24) is 4.98 Å². The lowest BCUT2D eigenvalue weighted by Crippen LogP contribution is -2.47. The molecular weight excluding hydrogens is 366 g/mol. The fourth-order valence-electron chi connectivity index (χ4n) is 2.97. The predicted molar refractivity (Wildman–Crippen MR) is 104 cm³/mol. The van der Waals surface area contributed by atoms with Crippen LogP contribution >= 0.6 is 11.3 Å². The molecule has 1 aliphatic heterocycles. The van der Waals surface area contributed by atoms with E-state index in [9.17, 15) is 9.59 Å². The Morgan fingerprint density at radius 2 is 2.11 bits per heavy atom. The highest BCUT2D eigenvalue weighted by Crippen LogP contribution is 2.34. The van der Waals surface area contributed by atoms with Crippen LogP contribution in [0.1, 0.15) is 6.92 Å². The van der Waals surface area contributed by atoms with Gasteiger partial charge in [0.2, 0.25) is 5.91 Å². The van der Waals surface area contributed by atoms with Gasteiger partial charge in [0.25, 0.3) is 5.91 Å². The van der Waals surface area contributed by atoms with Crippen LogP contribution in [0.5, 0.6) is 11.5 Å². The van der Waals surface area contributed by atoms with E-state index in [0.29, 0.717) is 27.8 Å². The second-order valence-electron chi connectivity index (χ2n) is 6.03. The second-order valence-corrected chi connectivity index (χ2v) is 7.06. The Labute approximate surface area is 159 Å². The summed E-state index contributed by atoms with van der Waals surface area (Å²) in [5, 5.41) is 3.23. The zero-order valence-electron chi connectivity index (χ0n) is 14.8. The maximum Gasteiger partial charge on any atom is 0.268 e. The van der Waals surface area contributed by atoms with E-state index in [1.807, 2.05) is 24.3 Å². The van der Waals surface area contributed by atoms with Crippen LogP contribution in [0, 0.1) is 0 Å². The number of hydrogen-bond donors (Lipinski definition) is 1. The van der Waals surface area contributed by atoms with Gasteiger partial charge in [-0.15, -0.1) is 0 Å². The smallest absolute Gasteiger partial charge is 0.268 e. The molecule has 0 spiro atoms. The van der Waals surface area contributed by atoms with E-state index in [1.54, 1.807) is 32.2 Å². The van der Waals surface area contributed by atoms with Gasteiger partial charge in [0, 0.05) is 0 Å². The molecule has 0 saturated carbocycles. The van der Waals surface area contributed by atoms with Crippen molar-refractivity contribution in [3.05, 3.63) is 42.5 Å². The van der Waals surface area contributed by atoms with Crippen molar-refractivity contribution in [2.24, 2.45) is 0 Å². The Hall–Kier alpha value is -3.13. The Kier molecular flexibility index (Phi) is 4.41. The third kappa shape index (κ3) is 3.19. The molecule has 3 aromatic rings. The van der Waals surface area contributed by atoms with Crippen LogP contribution in [0.4, 0.5) is 10.8 Å². The predicted octanol–water partition coefficient (Wildman–Crippen LogP) is 3.06. The van der Waals surface area contributed by atoms with Crippen LogP contribution in [-0.4, -0.2) is 36.6 Å². The van der Waals surface area contributed by atoms with Gasteiger partial charge in [-0.3, -0.25) is 14.5 Å². The van der Waals surface area contributed by atoms with Crippen LogP contribution in [0.15, 0.2) is 42.5 Å². The molecule has 1 aliphatic rings. The number of methoxy groups -OCH3 is 1. The third-order valence-corrected chi connectivity index (χ3v) is 5.16. The van der Waals surface area contributed by atoms with Gasteiger partial charge in [0.05, 0.1) is 17.5 Å². The number of thiazole rings is 1. The average Bonchev–Trinajstić information content (AvgIpc) is 3.07. The van der Waals surface area contributed by atoms with E-state index < -0.39 is 6.10 Å². The Morgan fingerprint density at radius 1 is 1.30 bits per heavy atom.